The molecule has 1 saturated heterocycles. The lowest BCUT2D eigenvalue weighted by molar-refractivity contribution is 0.232. The molecule has 0 saturated carbocycles. The number of anilines is 2. The highest BCUT2D eigenvalue weighted by molar-refractivity contribution is 7.89. The van der Waals surface area contributed by atoms with Crippen molar-refractivity contribution in [1.82, 2.24) is 4.90 Å². The summed E-state index contributed by atoms with van der Waals surface area (Å²) < 4.78 is 23.6. The van der Waals surface area contributed by atoms with Crippen molar-refractivity contribution < 1.29 is 8.42 Å². The molecule has 6 nitrogen and oxygen atoms in total. The van der Waals surface area contributed by atoms with Gasteiger partial charge in [0.05, 0.1) is 5.69 Å². The van der Waals surface area contributed by atoms with Crippen LogP contribution in [0.3, 0.4) is 0 Å². The van der Waals surface area contributed by atoms with Gasteiger partial charge in [-0.25, -0.2) is 13.6 Å². The highest BCUT2D eigenvalue weighted by Crippen LogP contribution is 2.30. The fraction of sp³-hybridized carbons (Fsp3) is 0.571. The molecular weight excluding hydrogens is 288 g/mol. The molecule has 1 fully saturated rings. The van der Waals surface area contributed by atoms with Crippen molar-refractivity contribution in [2.24, 2.45) is 5.14 Å². The lowest BCUT2D eigenvalue weighted by Gasteiger charge is -2.27. The summed E-state index contributed by atoms with van der Waals surface area (Å²) >= 11 is 0. The van der Waals surface area contributed by atoms with Crippen LogP contribution in [0.2, 0.25) is 0 Å². The summed E-state index contributed by atoms with van der Waals surface area (Å²) in [5.41, 5.74) is 6.75. The van der Waals surface area contributed by atoms with E-state index in [0.29, 0.717) is 17.4 Å². The second kappa shape index (κ2) is 6.21. The Morgan fingerprint density at radius 2 is 2.00 bits per heavy atom. The van der Waals surface area contributed by atoms with Gasteiger partial charge >= 0.3 is 0 Å². The van der Waals surface area contributed by atoms with Crippen LogP contribution in [-0.2, 0) is 10.0 Å². The van der Waals surface area contributed by atoms with Gasteiger partial charge in [0.15, 0.2) is 0 Å². The SMILES string of the molecule is CCN(CC)C1CCN(c2ccc(N)cc2S(N)(=O)=O)C1. The molecule has 1 aromatic rings. The van der Waals surface area contributed by atoms with E-state index in [1.807, 2.05) is 0 Å². The molecule has 0 aliphatic carbocycles. The number of hydrogen-bond acceptors (Lipinski definition) is 5. The molecule has 7 heteroatoms. The lowest BCUT2D eigenvalue weighted by Crippen LogP contribution is -2.37. The van der Waals surface area contributed by atoms with Crippen molar-refractivity contribution in [1.29, 1.82) is 0 Å². The van der Waals surface area contributed by atoms with Crippen molar-refractivity contribution in [2.75, 3.05) is 36.8 Å². The van der Waals surface area contributed by atoms with Crippen LogP contribution >= 0.6 is 0 Å². The number of nitrogens with zero attached hydrogens (tertiary/aromatic N) is 2. The Kier molecular flexibility index (Phi) is 4.75. The fourth-order valence-electron chi connectivity index (χ4n) is 3.02. The Morgan fingerprint density at radius 1 is 1.33 bits per heavy atom. The second-order valence-corrected chi connectivity index (χ2v) is 6.91. The van der Waals surface area contributed by atoms with Crippen LogP contribution in [0.25, 0.3) is 0 Å². The minimum atomic E-state index is -3.78. The van der Waals surface area contributed by atoms with E-state index in [2.05, 4.69) is 23.6 Å². The molecule has 1 heterocycles. The van der Waals surface area contributed by atoms with Crippen molar-refractivity contribution >= 4 is 21.4 Å². The maximum Gasteiger partial charge on any atom is 0.240 e. The van der Waals surface area contributed by atoms with Gasteiger partial charge in [-0.15, -0.1) is 0 Å². The average Bonchev–Trinajstić information content (AvgIpc) is 2.88. The number of primary sulfonamides is 1. The first kappa shape index (κ1) is 16.1. The minimum Gasteiger partial charge on any atom is -0.399 e. The van der Waals surface area contributed by atoms with E-state index in [9.17, 15) is 8.42 Å². The van der Waals surface area contributed by atoms with Crippen molar-refractivity contribution in [3.63, 3.8) is 0 Å². The van der Waals surface area contributed by atoms with E-state index in [0.717, 1.165) is 32.6 Å². The summed E-state index contributed by atoms with van der Waals surface area (Å²) in [5, 5.41) is 5.32. The van der Waals surface area contributed by atoms with Crippen LogP contribution in [0, 0.1) is 0 Å². The first-order valence-electron chi connectivity index (χ1n) is 7.28. The molecule has 1 aliphatic rings. The summed E-state index contributed by atoms with van der Waals surface area (Å²) in [6.45, 7) is 7.93. The van der Waals surface area contributed by atoms with Gasteiger partial charge in [-0.2, -0.15) is 0 Å². The van der Waals surface area contributed by atoms with Gasteiger partial charge in [-0.1, -0.05) is 13.8 Å². The highest BCUT2D eigenvalue weighted by Gasteiger charge is 2.29. The number of hydrogen-bond donors (Lipinski definition) is 2. The molecule has 0 amide bonds. The molecule has 21 heavy (non-hydrogen) atoms. The topological polar surface area (TPSA) is 92.7 Å². The molecule has 0 bridgehead atoms. The molecule has 1 aromatic carbocycles. The van der Waals surface area contributed by atoms with E-state index in [-0.39, 0.29) is 4.90 Å². The van der Waals surface area contributed by atoms with Gasteiger partial charge in [0.1, 0.15) is 4.90 Å². The lowest BCUT2D eigenvalue weighted by atomic mass is 10.2. The summed E-state index contributed by atoms with van der Waals surface area (Å²) in [6.07, 6.45) is 1.02. The standard InChI is InChI=1S/C14H24N4O2S/c1-3-17(4-2)12-7-8-18(10-12)13-6-5-11(15)9-14(13)21(16,19)20/h5-6,9,12H,3-4,7-8,10,15H2,1-2H3,(H2,16,19,20). The third-order valence-corrected chi connectivity index (χ3v) is 5.06. The summed E-state index contributed by atoms with van der Waals surface area (Å²) in [6, 6.07) is 5.36. The van der Waals surface area contributed by atoms with Crippen molar-refractivity contribution in [3.8, 4) is 0 Å². The molecular formula is C14H24N4O2S. The monoisotopic (exact) mass is 312 g/mol. The molecule has 118 valence electrons. The Balaban J connectivity index is 2.28. The van der Waals surface area contributed by atoms with Crippen molar-refractivity contribution in [3.05, 3.63) is 18.2 Å². The number of benzene rings is 1. The smallest absolute Gasteiger partial charge is 0.240 e. The number of rotatable bonds is 5. The van der Waals surface area contributed by atoms with Gasteiger partial charge in [0, 0.05) is 24.8 Å². The van der Waals surface area contributed by atoms with Crippen LogP contribution < -0.4 is 15.8 Å². The second-order valence-electron chi connectivity index (χ2n) is 5.38. The van der Waals surface area contributed by atoms with E-state index < -0.39 is 10.0 Å². The van der Waals surface area contributed by atoms with Gasteiger partial charge < -0.3 is 10.6 Å². The summed E-state index contributed by atoms with van der Waals surface area (Å²) in [7, 11) is -3.78. The Hall–Kier alpha value is -1.31. The zero-order valence-electron chi connectivity index (χ0n) is 12.6. The van der Waals surface area contributed by atoms with Crippen LogP contribution in [0.5, 0.6) is 0 Å². The van der Waals surface area contributed by atoms with Crippen LogP contribution in [0.4, 0.5) is 11.4 Å². The minimum absolute atomic E-state index is 0.114. The normalized spacial score (nSPS) is 19.4. The predicted molar refractivity (Wildman–Crippen MR) is 85.8 cm³/mol. The van der Waals surface area contributed by atoms with Crippen LogP contribution in [0.15, 0.2) is 23.1 Å². The molecule has 1 aliphatic heterocycles. The third kappa shape index (κ3) is 3.48. The quantitative estimate of drug-likeness (QED) is 0.786. The average molecular weight is 312 g/mol. The fourth-order valence-corrected chi connectivity index (χ4v) is 3.81. The molecule has 1 atom stereocenters. The maximum atomic E-state index is 11.8. The zero-order chi connectivity index (χ0) is 15.6. The van der Waals surface area contributed by atoms with E-state index in [4.69, 9.17) is 10.9 Å². The Morgan fingerprint density at radius 3 is 2.57 bits per heavy atom. The van der Waals surface area contributed by atoms with Crippen LogP contribution in [-0.4, -0.2) is 45.5 Å². The molecule has 0 aromatic heterocycles. The molecule has 2 rings (SSSR count). The largest absolute Gasteiger partial charge is 0.399 e. The Labute approximate surface area is 126 Å². The highest BCUT2D eigenvalue weighted by atomic mass is 32.2. The van der Waals surface area contributed by atoms with E-state index in [1.165, 1.54) is 6.07 Å². The molecule has 4 N–H and O–H groups in total. The Bertz CT molecular complexity index is 599. The predicted octanol–water partition coefficient (Wildman–Crippen LogP) is 0.837. The first-order valence-corrected chi connectivity index (χ1v) is 8.82. The van der Waals surface area contributed by atoms with Gasteiger partial charge in [0.25, 0.3) is 0 Å². The summed E-state index contributed by atoms with van der Waals surface area (Å²) in [4.78, 5) is 4.60. The molecule has 1 unspecified atom stereocenters. The first-order chi connectivity index (χ1) is 9.86. The van der Waals surface area contributed by atoms with Gasteiger partial charge in [0.2, 0.25) is 10.0 Å². The third-order valence-electron chi connectivity index (χ3n) is 4.12. The molecule has 0 radical (unpaired) electrons. The summed E-state index contributed by atoms with van der Waals surface area (Å²) in [5.74, 6) is 0. The van der Waals surface area contributed by atoms with E-state index in [1.54, 1.807) is 12.1 Å². The van der Waals surface area contributed by atoms with Crippen molar-refractivity contribution in [2.45, 2.75) is 31.2 Å². The number of nitrogens with two attached hydrogens (primary N) is 2. The van der Waals surface area contributed by atoms with Gasteiger partial charge in [-0.05, 0) is 37.7 Å². The van der Waals surface area contributed by atoms with Gasteiger partial charge in [-0.3, -0.25) is 4.90 Å². The van der Waals surface area contributed by atoms with E-state index >= 15 is 0 Å². The molecule has 0 spiro atoms. The number of nitrogen functional groups attached to an aromatic ring is 1. The van der Waals surface area contributed by atoms with Crippen LogP contribution in [0.1, 0.15) is 20.3 Å². The maximum absolute atomic E-state index is 11.8. The number of sulfonamides is 1. The number of likely N-dealkylation sites (N-methyl/N-ethyl adjacent to an activating group) is 1. The zero-order valence-corrected chi connectivity index (χ0v) is 13.4.